The zero-order valence-corrected chi connectivity index (χ0v) is 13.4. The molecule has 0 aromatic heterocycles. The number of carbonyl (C=O) groups is 1. The Morgan fingerprint density at radius 2 is 1.68 bits per heavy atom. The van der Waals surface area contributed by atoms with Gasteiger partial charge in [0.1, 0.15) is 12.1 Å². The molecule has 0 spiro atoms. The van der Waals surface area contributed by atoms with Gasteiger partial charge in [-0.1, -0.05) is 57.5 Å². The fourth-order valence-corrected chi connectivity index (χ4v) is 1.72. The molecular formula is C16H24F3NO2. The maximum atomic E-state index is 13.1. The van der Waals surface area contributed by atoms with Crippen molar-refractivity contribution in [1.29, 1.82) is 0 Å². The Labute approximate surface area is 129 Å². The summed E-state index contributed by atoms with van der Waals surface area (Å²) in [5, 5.41) is 2.31. The van der Waals surface area contributed by atoms with E-state index in [0.717, 1.165) is 7.11 Å². The van der Waals surface area contributed by atoms with E-state index in [1.165, 1.54) is 30.7 Å². The molecule has 0 aliphatic carbocycles. The smallest absolute Gasteiger partial charge is 0.407 e. The van der Waals surface area contributed by atoms with Crippen LogP contribution in [0.1, 0.15) is 45.2 Å². The van der Waals surface area contributed by atoms with Crippen LogP contribution in [-0.2, 0) is 9.53 Å². The van der Waals surface area contributed by atoms with Crippen molar-refractivity contribution in [2.45, 2.75) is 51.9 Å². The molecule has 1 rings (SSSR count). The maximum Gasteiger partial charge on any atom is 0.407 e. The number of methoxy groups -OCH3 is 1. The standard InChI is InChI=1S/C13H16F3NO2.C3H8/c1-3-10(12(18)19-2)17-11(13(14,15)16)9-7-5-4-6-8-9;1-3-2/h4-8,10-11,17H,3H2,1-2H3;3H2,1-2H3/t10-,11-;/m0./s1. The van der Waals surface area contributed by atoms with Gasteiger partial charge in [-0.05, 0) is 12.0 Å². The molecule has 1 aromatic carbocycles. The number of hydrogen-bond donors (Lipinski definition) is 1. The second kappa shape index (κ2) is 10.2. The lowest BCUT2D eigenvalue weighted by Crippen LogP contribution is -2.44. The first kappa shape index (κ1) is 20.4. The summed E-state index contributed by atoms with van der Waals surface area (Å²) in [5.41, 5.74) is 0.0670. The predicted molar refractivity (Wildman–Crippen MR) is 80.4 cm³/mol. The van der Waals surface area contributed by atoms with Crippen molar-refractivity contribution in [2.75, 3.05) is 7.11 Å². The van der Waals surface area contributed by atoms with E-state index < -0.39 is 24.2 Å². The van der Waals surface area contributed by atoms with Gasteiger partial charge in [-0.2, -0.15) is 13.2 Å². The monoisotopic (exact) mass is 319 g/mol. The third-order valence-corrected chi connectivity index (χ3v) is 2.72. The first-order chi connectivity index (χ1) is 10.3. The maximum absolute atomic E-state index is 13.1. The number of esters is 1. The number of carbonyl (C=O) groups excluding carboxylic acids is 1. The van der Waals surface area contributed by atoms with Crippen LogP contribution in [0.2, 0.25) is 0 Å². The van der Waals surface area contributed by atoms with Crippen LogP contribution in [-0.4, -0.2) is 25.3 Å². The number of hydrogen-bond acceptors (Lipinski definition) is 3. The van der Waals surface area contributed by atoms with Crippen molar-refractivity contribution in [2.24, 2.45) is 0 Å². The largest absolute Gasteiger partial charge is 0.468 e. The molecular weight excluding hydrogens is 295 g/mol. The van der Waals surface area contributed by atoms with Crippen molar-refractivity contribution in [3.63, 3.8) is 0 Å². The fraction of sp³-hybridized carbons (Fsp3) is 0.562. The molecule has 3 nitrogen and oxygen atoms in total. The van der Waals surface area contributed by atoms with E-state index in [0.29, 0.717) is 0 Å². The summed E-state index contributed by atoms with van der Waals surface area (Å²) in [4.78, 5) is 11.4. The third kappa shape index (κ3) is 6.93. The third-order valence-electron chi connectivity index (χ3n) is 2.72. The van der Waals surface area contributed by atoms with Crippen molar-refractivity contribution in [3.8, 4) is 0 Å². The summed E-state index contributed by atoms with van der Waals surface area (Å²) in [7, 11) is 1.15. The summed E-state index contributed by atoms with van der Waals surface area (Å²) in [6, 6.07) is 4.54. The number of ether oxygens (including phenoxy) is 1. The van der Waals surface area contributed by atoms with Crippen LogP contribution in [0.4, 0.5) is 13.2 Å². The van der Waals surface area contributed by atoms with Crippen LogP contribution >= 0.6 is 0 Å². The van der Waals surface area contributed by atoms with Gasteiger partial charge < -0.3 is 4.74 Å². The first-order valence-electron chi connectivity index (χ1n) is 7.27. The van der Waals surface area contributed by atoms with E-state index in [1.54, 1.807) is 13.0 Å². The zero-order chi connectivity index (χ0) is 17.2. The molecule has 0 heterocycles. The second-order valence-corrected chi connectivity index (χ2v) is 4.74. The molecule has 0 unspecified atom stereocenters. The number of nitrogens with one attached hydrogen (secondary N) is 1. The van der Waals surface area contributed by atoms with Crippen LogP contribution in [0.5, 0.6) is 0 Å². The average molecular weight is 319 g/mol. The molecule has 0 radical (unpaired) electrons. The number of halogens is 3. The molecule has 2 atom stereocenters. The quantitative estimate of drug-likeness (QED) is 0.825. The van der Waals surface area contributed by atoms with Crippen LogP contribution in [0.15, 0.2) is 30.3 Å². The topological polar surface area (TPSA) is 38.3 Å². The van der Waals surface area contributed by atoms with Crippen LogP contribution in [0, 0.1) is 0 Å². The van der Waals surface area contributed by atoms with Crippen molar-refractivity contribution < 1.29 is 22.7 Å². The highest BCUT2D eigenvalue weighted by molar-refractivity contribution is 5.75. The summed E-state index contributed by atoms with van der Waals surface area (Å²) >= 11 is 0. The lowest BCUT2D eigenvalue weighted by Gasteiger charge is -2.26. The van der Waals surface area contributed by atoms with Gasteiger partial charge in [0.15, 0.2) is 0 Å². The minimum Gasteiger partial charge on any atom is -0.468 e. The zero-order valence-electron chi connectivity index (χ0n) is 13.4. The minimum atomic E-state index is -4.48. The van der Waals surface area contributed by atoms with Gasteiger partial charge >= 0.3 is 12.1 Å². The van der Waals surface area contributed by atoms with E-state index in [2.05, 4.69) is 23.9 Å². The highest BCUT2D eigenvalue weighted by Gasteiger charge is 2.42. The molecule has 1 N–H and O–H groups in total. The lowest BCUT2D eigenvalue weighted by atomic mass is 10.0. The van der Waals surface area contributed by atoms with Crippen LogP contribution < -0.4 is 5.32 Å². The van der Waals surface area contributed by atoms with Crippen molar-refractivity contribution in [3.05, 3.63) is 35.9 Å². The van der Waals surface area contributed by atoms with Crippen LogP contribution in [0.3, 0.4) is 0 Å². The van der Waals surface area contributed by atoms with Crippen molar-refractivity contribution >= 4 is 5.97 Å². The Kier molecular flexibility index (Phi) is 9.49. The van der Waals surface area contributed by atoms with Gasteiger partial charge in [-0.3, -0.25) is 10.1 Å². The van der Waals surface area contributed by atoms with Gasteiger partial charge in [-0.25, -0.2) is 0 Å². The van der Waals surface area contributed by atoms with E-state index in [-0.39, 0.29) is 12.0 Å². The number of benzene rings is 1. The molecule has 0 saturated carbocycles. The van der Waals surface area contributed by atoms with Gasteiger partial charge in [0, 0.05) is 0 Å². The second-order valence-electron chi connectivity index (χ2n) is 4.74. The Balaban J connectivity index is 0.00000135. The van der Waals surface area contributed by atoms with E-state index >= 15 is 0 Å². The Morgan fingerprint density at radius 3 is 2.05 bits per heavy atom. The molecule has 0 saturated heterocycles. The van der Waals surface area contributed by atoms with Gasteiger partial charge in [-0.15, -0.1) is 0 Å². The predicted octanol–water partition coefficient (Wildman–Crippen LogP) is 4.25. The Morgan fingerprint density at radius 1 is 1.18 bits per heavy atom. The fourth-order valence-electron chi connectivity index (χ4n) is 1.72. The molecule has 0 aliphatic heterocycles. The Bertz CT molecular complexity index is 421. The molecule has 126 valence electrons. The van der Waals surface area contributed by atoms with Crippen LogP contribution in [0.25, 0.3) is 0 Å². The molecule has 1 aromatic rings. The molecule has 0 bridgehead atoms. The lowest BCUT2D eigenvalue weighted by molar-refractivity contribution is -0.164. The van der Waals surface area contributed by atoms with Crippen molar-refractivity contribution in [1.82, 2.24) is 5.32 Å². The van der Waals surface area contributed by atoms with Gasteiger partial charge in [0.05, 0.1) is 7.11 Å². The molecule has 0 aliphatic rings. The average Bonchev–Trinajstić information content (AvgIpc) is 2.48. The molecule has 6 heteroatoms. The highest BCUT2D eigenvalue weighted by atomic mass is 19.4. The highest BCUT2D eigenvalue weighted by Crippen LogP contribution is 2.33. The summed E-state index contributed by atoms with van der Waals surface area (Å²) in [6.07, 6.45) is -3.02. The Hall–Kier alpha value is -1.56. The summed E-state index contributed by atoms with van der Waals surface area (Å²) in [6.45, 7) is 5.87. The van der Waals surface area contributed by atoms with Gasteiger partial charge in [0.2, 0.25) is 0 Å². The van der Waals surface area contributed by atoms with E-state index in [9.17, 15) is 18.0 Å². The van der Waals surface area contributed by atoms with E-state index in [4.69, 9.17) is 0 Å². The first-order valence-corrected chi connectivity index (χ1v) is 7.27. The number of alkyl halides is 3. The van der Waals surface area contributed by atoms with E-state index in [1.807, 2.05) is 0 Å². The van der Waals surface area contributed by atoms with Gasteiger partial charge in [0.25, 0.3) is 0 Å². The summed E-state index contributed by atoms with van der Waals surface area (Å²) in [5.74, 6) is -0.701. The summed E-state index contributed by atoms with van der Waals surface area (Å²) < 4.78 is 43.6. The normalized spacial score (nSPS) is 13.6. The minimum absolute atomic E-state index is 0.0670. The number of rotatable bonds is 5. The molecule has 0 amide bonds. The SMILES string of the molecule is CCC.CC[C@H](N[C@@H](c1ccccc1)C(F)(F)F)C(=O)OC. The molecule has 22 heavy (non-hydrogen) atoms. The molecule has 0 fully saturated rings.